The summed E-state index contributed by atoms with van der Waals surface area (Å²) in [5.41, 5.74) is 1.17. The lowest BCUT2D eigenvalue weighted by Crippen LogP contribution is -2.31. The van der Waals surface area contributed by atoms with Crippen LogP contribution in [0.4, 0.5) is 0 Å². The Morgan fingerprint density at radius 1 is 1.04 bits per heavy atom. The van der Waals surface area contributed by atoms with Crippen LogP contribution in [0.1, 0.15) is 12.8 Å². The van der Waals surface area contributed by atoms with Crippen LogP contribution in [0.5, 0.6) is 0 Å². The molecule has 0 atom stereocenters. The van der Waals surface area contributed by atoms with E-state index < -0.39 is 10.0 Å². The Morgan fingerprint density at radius 2 is 1.86 bits per heavy atom. The fourth-order valence-electron chi connectivity index (χ4n) is 2.92. The van der Waals surface area contributed by atoms with Gasteiger partial charge in [0.15, 0.2) is 0 Å². The highest BCUT2D eigenvalue weighted by Gasteiger charge is 2.14. The van der Waals surface area contributed by atoms with Gasteiger partial charge in [-0.25, -0.2) is 13.1 Å². The average Bonchev–Trinajstić information content (AvgIpc) is 3.08. The smallest absolute Gasteiger partial charge is 0.240 e. The zero-order valence-corrected chi connectivity index (χ0v) is 16.8. The van der Waals surface area contributed by atoms with Crippen molar-refractivity contribution >= 4 is 38.4 Å². The van der Waals surface area contributed by atoms with Crippen molar-refractivity contribution in [1.29, 1.82) is 0 Å². The summed E-state index contributed by atoms with van der Waals surface area (Å²) < 4.78 is 28.9. The molecule has 148 valence electrons. The maximum absolute atomic E-state index is 12.2. The van der Waals surface area contributed by atoms with Crippen molar-refractivity contribution < 1.29 is 13.2 Å². The number of sulfonamides is 1. The van der Waals surface area contributed by atoms with Crippen LogP contribution in [0.15, 0.2) is 65.7 Å². The fourth-order valence-corrected chi connectivity index (χ4v) is 4.25. The predicted octanol–water partition coefficient (Wildman–Crippen LogP) is 3.17. The molecule has 1 aromatic heterocycles. The summed E-state index contributed by atoms with van der Waals surface area (Å²) in [6, 6.07) is 16.2. The van der Waals surface area contributed by atoms with Crippen molar-refractivity contribution in [2.24, 2.45) is 0 Å². The van der Waals surface area contributed by atoms with E-state index in [2.05, 4.69) is 32.8 Å². The fraction of sp³-hybridized carbons (Fsp3) is 0.250. The number of aromatic nitrogens is 1. The minimum atomic E-state index is -3.67. The van der Waals surface area contributed by atoms with Gasteiger partial charge >= 0.3 is 0 Å². The first-order valence-electron chi connectivity index (χ1n) is 9.01. The van der Waals surface area contributed by atoms with Gasteiger partial charge in [0.05, 0.1) is 4.90 Å². The summed E-state index contributed by atoms with van der Waals surface area (Å²) in [6.45, 7) is 1.37. The van der Waals surface area contributed by atoms with E-state index in [0.717, 1.165) is 13.0 Å². The van der Waals surface area contributed by atoms with Gasteiger partial charge in [0, 0.05) is 42.8 Å². The van der Waals surface area contributed by atoms with E-state index in [9.17, 15) is 13.2 Å². The van der Waals surface area contributed by atoms with Gasteiger partial charge < -0.3 is 9.88 Å². The highest BCUT2D eigenvalue weighted by Crippen LogP contribution is 2.16. The van der Waals surface area contributed by atoms with Gasteiger partial charge in [-0.05, 0) is 42.1 Å². The second kappa shape index (κ2) is 9.23. The minimum absolute atomic E-state index is 0.0307. The number of carbonyl (C=O) groups is 1. The van der Waals surface area contributed by atoms with E-state index in [1.54, 1.807) is 12.1 Å². The zero-order chi connectivity index (χ0) is 20.0. The van der Waals surface area contributed by atoms with Crippen LogP contribution in [0.25, 0.3) is 10.9 Å². The summed E-state index contributed by atoms with van der Waals surface area (Å²) in [7, 11) is -3.67. The van der Waals surface area contributed by atoms with Crippen molar-refractivity contribution in [1.82, 2.24) is 14.6 Å². The third kappa shape index (κ3) is 5.34. The quantitative estimate of drug-likeness (QED) is 0.523. The number of nitrogens with one attached hydrogen (secondary N) is 2. The van der Waals surface area contributed by atoms with Crippen molar-refractivity contribution in [3.05, 3.63) is 65.8 Å². The molecular weight excluding hydrogens is 398 g/mol. The van der Waals surface area contributed by atoms with Crippen molar-refractivity contribution in [2.45, 2.75) is 24.3 Å². The van der Waals surface area contributed by atoms with Crippen LogP contribution >= 0.6 is 11.6 Å². The topological polar surface area (TPSA) is 80.2 Å². The zero-order valence-electron chi connectivity index (χ0n) is 15.3. The first kappa shape index (κ1) is 20.4. The number of halogens is 1. The number of amides is 1. The minimum Gasteiger partial charge on any atom is -0.356 e. The number of carbonyl (C=O) groups excluding carboxylic acids is 1. The molecule has 8 heteroatoms. The molecule has 0 saturated heterocycles. The van der Waals surface area contributed by atoms with Crippen LogP contribution in [0, 0.1) is 0 Å². The van der Waals surface area contributed by atoms with Crippen molar-refractivity contribution in [3.63, 3.8) is 0 Å². The molecule has 28 heavy (non-hydrogen) atoms. The molecule has 0 spiro atoms. The molecule has 0 saturated carbocycles. The number of aryl methyl sites for hydroxylation is 1. The molecule has 0 fully saturated rings. The third-order valence-electron chi connectivity index (χ3n) is 4.33. The number of hydrogen-bond donors (Lipinski definition) is 2. The molecule has 0 radical (unpaired) electrons. The molecule has 0 aliphatic heterocycles. The van der Waals surface area contributed by atoms with E-state index in [1.807, 2.05) is 18.3 Å². The Balaban J connectivity index is 1.38. The maximum atomic E-state index is 12.2. The van der Waals surface area contributed by atoms with Crippen LogP contribution < -0.4 is 10.0 Å². The number of hydrogen-bond acceptors (Lipinski definition) is 3. The molecule has 3 aromatic rings. The van der Waals surface area contributed by atoms with Crippen molar-refractivity contribution in [2.75, 3.05) is 13.1 Å². The molecule has 1 amide bonds. The molecule has 6 nitrogen and oxygen atoms in total. The normalized spacial score (nSPS) is 11.6. The molecule has 0 bridgehead atoms. The second-order valence-corrected chi connectivity index (χ2v) is 8.58. The largest absolute Gasteiger partial charge is 0.356 e. The van der Waals surface area contributed by atoms with E-state index in [0.29, 0.717) is 11.6 Å². The van der Waals surface area contributed by atoms with E-state index >= 15 is 0 Å². The van der Waals surface area contributed by atoms with Gasteiger partial charge in [0.1, 0.15) is 0 Å². The summed E-state index contributed by atoms with van der Waals surface area (Å²) in [5.74, 6) is -0.189. The van der Waals surface area contributed by atoms with Gasteiger partial charge in [-0.15, -0.1) is 0 Å². The summed E-state index contributed by atoms with van der Waals surface area (Å²) >= 11 is 5.82. The van der Waals surface area contributed by atoms with Crippen molar-refractivity contribution in [3.8, 4) is 0 Å². The molecule has 2 N–H and O–H groups in total. The molecule has 1 heterocycles. The van der Waals surface area contributed by atoms with Crippen LogP contribution in [-0.2, 0) is 21.4 Å². The second-order valence-electron chi connectivity index (χ2n) is 6.38. The molecule has 0 unspecified atom stereocenters. The number of rotatable bonds is 9. The average molecular weight is 420 g/mol. The highest BCUT2D eigenvalue weighted by atomic mass is 35.5. The van der Waals surface area contributed by atoms with Gasteiger partial charge in [-0.2, -0.15) is 0 Å². The van der Waals surface area contributed by atoms with Crippen LogP contribution in [0.2, 0.25) is 5.02 Å². The van der Waals surface area contributed by atoms with E-state index in [4.69, 9.17) is 11.6 Å². The van der Waals surface area contributed by atoms with Gasteiger partial charge in [-0.1, -0.05) is 35.9 Å². The Bertz CT molecular complexity index is 1060. The SMILES string of the molecule is O=C(CCNS(=O)(=O)c1cccc(Cl)c1)NCCCn1ccc2ccccc21. The lowest BCUT2D eigenvalue weighted by molar-refractivity contribution is -0.120. The number of fused-ring (bicyclic) bond motifs is 1. The van der Waals surface area contributed by atoms with E-state index in [1.165, 1.54) is 23.0 Å². The Hall–Kier alpha value is -2.35. The summed E-state index contributed by atoms with van der Waals surface area (Å²) in [4.78, 5) is 12.0. The number of para-hydroxylation sites is 1. The molecule has 0 aliphatic carbocycles. The molecule has 3 rings (SSSR count). The molecule has 0 aliphatic rings. The number of benzene rings is 2. The van der Waals surface area contributed by atoms with Gasteiger partial charge in [0.2, 0.25) is 15.9 Å². The molecule has 2 aromatic carbocycles. The monoisotopic (exact) mass is 419 g/mol. The predicted molar refractivity (Wildman–Crippen MR) is 111 cm³/mol. The lowest BCUT2D eigenvalue weighted by atomic mass is 10.2. The summed E-state index contributed by atoms with van der Waals surface area (Å²) in [5, 5.41) is 4.36. The Morgan fingerprint density at radius 3 is 2.68 bits per heavy atom. The highest BCUT2D eigenvalue weighted by molar-refractivity contribution is 7.89. The first-order valence-corrected chi connectivity index (χ1v) is 10.9. The van der Waals surface area contributed by atoms with Crippen LogP contribution in [0.3, 0.4) is 0 Å². The Labute approximate surface area is 169 Å². The number of nitrogens with zero attached hydrogens (tertiary/aromatic N) is 1. The van der Waals surface area contributed by atoms with E-state index in [-0.39, 0.29) is 23.8 Å². The maximum Gasteiger partial charge on any atom is 0.240 e. The standard InChI is InChI=1S/C20H22ClN3O3S/c21-17-6-3-7-18(15-17)28(26,27)23-12-9-20(25)22-11-4-13-24-14-10-16-5-1-2-8-19(16)24/h1-3,5-8,10,14-15,23H,4,9,11-13H2,(H,22,25). The lowest BCUT2D eigenvalue weighted by Gasteiger charge is -2.09. The van der Waals surface area contributed by atoms with Gasteiger partial charge in [-0.3, -0.25) is 4.79 Å². The third-order valence-corrected chi connectivity index (χ3v) is 6.02. The first-order chi connectivity index (χ1) is 13.5. The van der Waals surface area contributed by atoms with Crippen LogP contribution in [-0.4, -0.2) is 32.0 Å². The molecular formula is C20H22ClN3O3S. The Kier molecular flexibility index (Phi) is 6.72. The summed E-state index contributed by atoms with van der Waals surface area (Å²) in [6.07, 6.45) is 2.90. The van der Waals surface area contributed by atoms with Gasteiger partial charge in [0.25, 0.3) is 0 Å².